The second-order valence-electron chi connectivity index (χ2n) is 4.17. The predicted octanol–water partition coefficient (Wildman–Crippen LogP) is 2.19. The van der Waals surface area contributed by atoms with Gasteiger partial charge >= 0.3 is 5.97 Å². The van der Waals surface area contributed by atoms with Crippen molar-refractivity contribution in [2.45, 2.75) is 19.4 Å². The van der Waals surface area contributed by atoms with Crippen LogP contribution in [0.25, 0.3) is 11.1 Å². The highest BCUT2D eigenvalue weighted by Gasteiger charge is 2.25. The Morgan fingerprint density at radius 1 is 1.29 bits per heavy atom. The zero-order chi connectivity index (χ0) is 11.8. The SMILES string of the molecule is O=C(O)c1nn2c(c1-c1ccccc1)CCC2. The highest BCUT2D eigenvalue weighted by atomic mass is 16.4. The Balaban J connectivity index is 2.24. The van der Waals surface area contributed by atoms with Crippen molar-refractivity contribution in [1.29, 1.82) is 0 Å². The van der Waals surface area contributed by atoms with Crippen LogP contribution >= 0.6 is 0 Å². The number of carbonyl (C=O) groups is 1. The van der Waals surface area contributed by atoms with Crippen LogP contribution in [-0.4, -0.2) is 20.9 Å². The van der Waals surface area contributed by atoms with E-state index in [1.807, 2.05) is 35.0 Å². The summed E-state index contributed by atoms with van der Waals surface area (Å²) in [4.78, 5) is 11.2. The number of carboxylic acid groups (broad SMARTS) is 1. The maximum atomic E-state index is 11.2. The summed E-state index contributed by atoms with van der Waals surface area (Å²) in [5, 5.41) is 13.4. The van der Waals surface area contributed by atoms with E-state index in [-0.39, 0.29) is 5.69 Å². The summed E-state index contributed by atoms with van der Waals surface area (Å²) in [6, 6.07) is 9.62. The van der Waals surface area contributed by atoms with Crippen LogP contribution < -0.4 is 0 Å². The van der Waals surface area contributed by atoms with Crippen molar-refractivity contribution in [2.75, 3.05) is 0 Å². The summed E-state index contributed by atoms with van der Waals surface area (Å²) in [7, 11) is 0. The zero-order valence-corrected chi connectivity index (χ0v) is 9.26. The van der Waals surface area contributed by atoms with Crippen LogP contribution in [0.2, 0.25) is 0 Å². The zero-order valence-electron chi connectivity index (χ0n) is 9.26. The molecule has 0 bridgehead atoms. The molecule has 4 nitrogen and oxygen atoms in total. The van der Waals surface area contributed by atoms with Gasteiger partial charge in [0.05, 0.1) is 0 Å². The molecule has 4 heteroatoms. The Morgan fingerprint density at radius 3 is 2.76 bits per heavy atom. The van der Waals surface area contributed by atoms with Gasteiger partial charge in [-0.05, 0) is 18.4 Å². The highest BCUT2D eigenvalue weighted by Crippen LogP contribution is 2.31. The van der Waals surface area contributed by atoms with Gasteiger partial charge in [0.1, 0.15) is 0 Å². The van der Waals surface area contributed by atoms with Crippen LogP contribution in [0.15, 0.2) is 30.3 Å². The van der Waals surface area contributed by atoms with Crippen LogP contribution in [0.1, 0.15) is 22.6 Å². The van der Waals surface area contributed by atoms with E-state index in [0.29, 0.717) is 0 Å². The van der Waals surface area contributed by atoms with E-state index in [4.69, 9.17) is 0 Å². The molecule has 86 valence electrons. The van der Waals surface area contributed by atoms with Gasteiger partial charge < -0.3 is 5.11 Å². The number of benzene rings is 1. The minimum absolute atomic E-state index is 0.172. The fourth-order valence-corrected chi connectivity index (χ4v) is 2.39. The molecule has 1 aromatic heterocycles. The monoisotopic (exact) mass is 228 g/mol. The second kappa shape index (κ2) is 3.73. The third kappa shape index (κ3) is 1.53. The minimum Gasteiger partial charge on any atom is -0.476 e. The molecule has 3 rings (SSSR count). The molecule has 0 radical (unpaired) electrons. The van der Waals surface area contributed by atoms with Crippen LogP contribution in [0, 0.1) is 0 Å². The van der Waals surface area contributed by atoms with Gasteiger partial charge in [0.15, 0.2) is 5.69 Å². The van der Waals surface area contributed by atoms with E-state index in [1.165, 1.54) is 0 Å². The average molecular weight is 228 g/mol. The van der Waals surface area contributed by atoms with Crippen LogP contribution in [-0.2, 0) is 13.0 Å². The number of rotatable bonds is 2. The summed E-state index contributed by atoms with van der Waals surface area (Å²) >= 11 is 0. The molecule has 0 unspecified atom stereocenters. The van der Waals surface area contributed by atoms with Gasteiger partial charge in [-0.15, -0.1) is 0 Å². The maximum absolute atomic E-state index is 11.2. The standard InChI is InChI=1S/C13H12N2O2/c16-13(17)12-11(9-5-2-1-3-6-9)10-7-4-8-15(10)14-12/h1-3,5-6H,4,7-8H2,(H,16,17). The third-order valence-corrected chi connectivity index (χ3v) is 3.11. The number of carboxylic acids is 1. The number of aromatic carboxylic acids is 1. The summed E-state index contributed by atoms with van der Waals surface area (Å²) < 4.78 is 1.83. The minimum atomic E-state index is -0.953. The van der Waals surface area contributed by atoms with E-state index in [0.717, 1.165) is 36.2 Å². The smallest absolute Gasteiger partial charge is 0.357 e. The molecule has 0 aliphatic carbocycles. The largest absolute Gasteiger partial charge is 0.476 e. The van der Waals surface area contributed by atoms with Crippen LogP contribution in [0.5, 0.6) is 0 Å². The van der Waals surface area contributed by atoms with Crippen molar-refractivity contribution < 1.29 is 9.90 Å². The van der Waals surface area contributed by atoms with E-state index < -0.39 is 5.97 Å². The van der Waals surface area contributed by atoms with E-state index in [9.17, 15) is 9.90 Å². The second-order valence-corrected chi connectivity index (χ2v) is 4.17. The van der Waals surface area contributed by atoms with Crippen molar-refractivity contribution in [1.82, 2.24) is 9.78 Å². The lowest BCUT2D eigenvalue weighted by atomic mass is 10.0. The van der Waals surface area contributed by atoms with Crippen molar-refractivity contribution in [3.63, 3.8) is 0 Å². The summed E-state index contributed by atoms with van der Waals surface area (Å²) in [5.41, 5.74) is 2.95. The number of hydrogen-bond acceptors (Lipinski definition) is 2. The molecule has 0 amide bonds. The van der Waals surface area contributed by atoms with Gasteiger partial charge in [-0.3, -0.25) is 4.68 Å². The number of fused-ring (bicyclic) bond motifs is 1. The van der Waals surface area contributed by atoms with Gasteiger partial charge in [0, 0.05) is 17.8 Å². The first-order valence-corrected chi connectivity index (χ1v) is 5.66. The van der Waals surface area contributed by atoms with Crippen molar-refractivity contribution in [2.24, 2.45) is 0 Å². The van der Waals surface area contributed by atoms with E-state index in [2.05, 4.69) is 5.10 Å². The van der Waals surface area contributed by atoms with Crippen LogP contribution in [0.4, 0.5) is 0 Å². The van der Waals surface area contributed by atoms with Gasteiger partial charge in [0.25, 0.3) is 0 Å². The van der Waals surface area contributed by atoms with Gasteiger partial charge in [-0.2, -0.15) is 5.10 Å². The lowest BCUT2D eigenvalue weighted by Gasteiger charge is -2.01. The van der Waals surface area contributed by atoms with E-state index in [1.54, 1.807) is 0 Å². The number of aromatic nitrogens is 2. The Morgan fingerprint density at radius 2 is 2.06 bits per heavy atom. The molecule has 1 aromatic carbocycles. The first-order valence-electron chi connectivity index (χ1n) is 5.66. The average Bonchev–Trinajstić information content (AvgIpc) is 2.89. The Hall–Kier alpha value is -2.10. The van der Waals surface area contributed by atoms with E-state index >= 15 is 0 Å². The molecule has 17 heavy (non-hydrogen) atoms. The molecule has 0 fully saturated rings. The Bertz CT molecular complexity index is 573. The number of nitrogens with zero attached hydrogens (tertiary/aromatic N) is 2. The van der Waals surface area contributed by atoms with Gasteiger partial charge in [-0.25, -0.2) is 4.79 Å². The molecule has 2 heterocycles. The fourth-order valence-electron chi connectivity index (χ4n) is 2.39. The Labute approximate surface area is 98.5 Å². The number of hydrogen-bond donors (Lipinski definition) is 1. The highest BCUT2D eigenvalue weighted by molar-refractivity contribution is 5.95. The molecule has 0 atom stereocenters. The van der Waals surface area contributed by atoms with Gasteiger partial charge in [-0.1, -0.05) is 30.3 Å². The normalized spacial score (nSPS) is 13.6. The summed E-state index contributed by atoms with van der Waals surface area (Å²) in [5.74, 6) is -0.953. The number of aryl methyl sites for hydroxylation is 1. The molecular weight excluding hydrogens is 216 g/mol. The Kier molecular flexibility index (Phi) is 2.21. The molecule has 1 aliphatic rings. The first-order chi connectivity index (χ1) is 8.27. The molecule has 1 N–H and O–H groups in total. The lowest BCUT2D eigenvalue weighted by molar-refractivity contribution is 0.0690. The molecule has 2 aromatic rings. The van der Waals surface area contributed by atoms with Crippen LogP contribution in [0.3, 0.4) is 0 Å². The van der Waals surface area contributed by atoms with Crippen molar-refractivity contribution in [3.8, 4) is 11.1 Å². The lowest BCUT2D eigenvalue weighted by Crippen LogP contribution is -2.02. The maximum Gasteiger partial charge on any atom is 0.357 e. The first kappa shape index (κ1) is 10.1. The third-order valence-electron chi connectivity index (χ3n) is 3.11. The topological polar surface area (TPSA) is 55.1 Å². The molecule has 0 saturated heterocycles. The molecular formula is C13H12N2O2. The quantitative estimate of drug-likeness (QED) is 0.857. The molecule has 0 spiro atoms. The predicted molar refractivity (Wildman–Crippen MR) is 62.9 cm³/mol. The summed E-state index contributed by atoms with van der Waals surface area (Å²) in [6.07, 6.45) is 1.95. The van der Waals surface area contributed by atoms with Crippen molar-refractivity contribution in [3.05, 3.63) is 41.7 Å². The van der Waals surface area contributed by atoms with Gasteiger partial charge in [0.2, 0.25) is 0 Å². The fraction of sp³-hybridized carbons (Fsp3) is 0.231. The molecule has 0 saturated carbocycles. The van der Waals surface area contributed by atoms with Crippen molar-refractivity contribution >= 4 is 5.97 Å². The summed E-state index contributed by atoms with van der Waals surface area (Å²) in [6.45, 7) is 0.822. The molecule has 1 aliphatic heterocycles.